The van der Waals surface area contributed by atoms with Crippen LogP contribution in [0.3, 0.4) is 0 Å². The molecule has 1 aromatic carbocycles. The van der Waals surface area contributed by atoms with E-state index in [4.69, 9.17) is 0 Å². The molecule has 3 nitrogen and oxygen atoms in total. The van der Waals surface area contributed by atoms with E-state index in [9.17, 15) is 9.90 Å². The zero-order valence-corrected chi connectivity index (χ0v) is 13.3. The molecule has 1 N–H and O–H groups in total. The van der Waals surface area contributed by atoms with E-state index in [0.717, 1.165) is 58.0 Å². The van der Waals surface area contributed by atoms with Gasteiger partial charge in [0.25, 0.3) is 0 Å². The number of hydrogen-bond acceptors (Lipinski definition) is 2. The Morgan fingerprint density at radius 2 is 2.00 bits per heavy atom. The normalized spacial score (nSPS) is 28.2. The maximum Gasteiger partial charge on any atom is 0.222 e. The molecule has 0 unspecified atom stereocenters. The van der Waals surface area contributed by atoms with Gasteiger partial charge in [0.05, 0.1) is 6.10 Å². The van der Waals surface area contributed by atoms with Crippen molar-refractivity contribution >= 4 is 5.91 Å². The predicted molar refractivity (Wildman–Crippen MR) is 87.5 cm³/mol. The van der Waals surface area contributed by atoms with Crippen LogP contribution in [-0.4, -0.2) is 35.1 Å². The number of carbonyl (C=O) groups is 1. The molecule has 1 spiro atoms. The monoisotopic (exact) mass is 301 g/mol. The maximum atomic E-state index is 12.5. The molecule has 1 amide bonds. The van der Waals surface area contributed by atoms with E-state index in [0.29, 0.717) is 6.42 Å². The van der Waals surface area contributed by atoms with Gasteiger partial charge in [0.2, 0.25) is 5.91 Å². The van der Waals surface area contributed by atoms with Gasteiger partial charge in [0, 0.05) is 24.9 Å². The van der Waals surface area contributed by atoms with Crippen LogP contribution in [0.4, 0.5) is 0 Å². The number of piperidine rings is 1. The maximum absolute atomic E-state index is 12.5. The Bertz CT molecular complexity index is 501. The van der Waals surface area contributed by atoms with Crippen molar-refractivity contribution in [3.05, 3.63) is 35.9 Å². The Morgan fingerprint density at radius 1 is 1.23 bits per heavy atom. The van der Waals surface area contributed by atoms with E-state index in [2.05, 4.69) is 12.1 Å². The summed E-state index contributed by atoms with van der Waals surface area (Å²) in [5, 5.41) is 10.3. The number of benzene rings is 1. The molecule has 1 aliphatic heterocycles. The lowest BCUT2D eigenvalue weighted by Crippen LogP contribution is -2.49. The molecular weight excluding hydrogens is 274 g/mol. The third-order valence-electron chi connectivity index (χ3n) is 5.52. The van der Waals surface area contributed by atoms with Gasteiger partial charge in [-0.1, -0.05) is 36.8 Å². The van der Waals surface area contributed by atoms with Gasteiger partial charge >= 0.3 is 0 Å². The summed E-state index contributed by atoms with van der Waals surface area (Å²) in [7, 11) is 0. The average molecular weight is 301 g/mol. The van der Waals surface area contributed by atoms with E-state index < -0.39 is 0 Å². The molecule has 0 radical (unpaired) electrons. The van der Waals surface area contributed by atoms with E-state index in [1.54, 1.807) is 0 Å². The topological polar surface area (TPSA) is 40.5 Å². The third kappa shape index (κ3) is 3.35. The van der Waals surface area contributed by atoms with Gasteiger partial charge in [-0.2, -0.15) is 0 Å². The van der Waals surface area contributed by atoms with Crippen molar-refractivity contribution in [2.24, 2.45) is 5.41 Å². The summed E-state index contributed by atoms with van der Waals surface area (Å²) < 4.78 is 0. The standard InChI is InChI=1S/C19H27NO2/c21-17-10-5-12-19(17)13-6-14-20(15-19)18(22)11-4-9-16-7-2-1-3-8-16/h1-3,7-8,17,21H,4-6,9-15H2/t17-,19-/m1/s1. The minimum Gasteiger partial charge on any atom is -0.392 e. The van der Waals surface area contributed by atoms with Crippen LogP contribution < -0.4 is 0 Å². The quantitative estimate of drug-likeness (QED) is 0.928. The molecule has 1 saturated carbocycles. The first-order valence-corrected chi connectivity index (χ1v) is 8.69. The number of aliphatic hydroxyl groups excluding tert-OH is 1. The molecule has 1 saturated heterocycles. The molecule has 2 aliphatic rings. The first-order chi connectivity index (χ1) is 10.7. The second kappa shape index (κ2) is 6.82. The number of likely N-dealkylation sites (tertiary alicyclic amines) is 1. The van der Waals surface area contributed by atoms with Crippen LogP contribution in [0.25, 0.3) is 0 Å². The minimum atomic E-state index is -0.201. The Balaban J connectivity index is 1.49. The molecule has 3 rings (SSSR count). The molecule has 0 aromatic heterocycles. The highest BCUT2D eigenvalue weighted by atomic mass is 16.3. The van der Waals surface area contributed by atoms with Gasteiger partial charge in [0.1, 0.15) is 0 Å². The summed E-state index contributed by atoms with van der Waals surface area (Å²) in [6.07, 6.45) is 7.54. The van der Waals surface area contributed by atoms with Gasteiger partial charge in [-0.3, -0.25) is 4.79 Å². The molecule has 1 heterocycles. The average Bonchev–Trinajstić information content (AvgIpc) is 2.88. The number of amides is 1. The molecule has 0 bridgehead atoms. The molecule has 3 heteroatoms. The number of rotatable bonds is 4. The highest BCUT2D eigenvalue weighted by Crippen LogP contribution is 2.45. The van der Waals surface area contributed by atoms with Gasteiger partial charge in [-0.15, -0.1) is 0 Å². The van der Waals surface area contributed by atoms with E-state index in [1.807, 2.05) is 23.1 Å². The lowest BCUT2D eigenvalue weighted by molar-refractivity contribution is -0.136. The fraction of sp³-hybridized carbons (Fsp3) is 0.632. The number of carbonyl (C=O) groups excluding carboxylic acids is 1. The molecule has 1 aliphatic carbocycles. The zero-order valence-electron chi connectivity index (χ0n) is 13.3. The number of nitrogens with zero attached hydrogens (tertiary/aromatic N) is 1. The summed E-state index contributed by atoms with van der Waals surface area (Å²) >= 11 is 0. The van der Waals surface area contributed by atoms with E-state index in [1.165, 1.54) is 5.56 Å². The fourth-order valence-corrected chi connectivity index (χ4v) is 4.22. The third-order valence-corrected chi connectivity index (χ3v) is 5.52. The van der Waals surface area contributed by atoms with E-state index in [-0.39, 0.29) is 17.4 Å². The van der Waals surface area contributed by atoms with Crippen LogP contribution in [0.2, 0.25) is 0 Å². The van der Waals surface area contributed by atoms with Crippen LogP contribution >= 0.6 is 0 Å². The van der Waals surface area contributed by atoms with Gasteiger partial charge in [0.15, 0.2) is 0 Å². The van der Waals surface area contributed by atoms with E-state index >= 15 is 0 Å². The Hall–Kier alpha value is -1.35. The Kier molecular flexibility index (Phi) is 4.82. The molecule has 22 heavy (non-hydrogen) atoms. The summed E-state index contributed by atoms with van der Waals surface area (Å²) in [6, 6.07) is 10.4. The van der Waals surface area contributed by atoms with Crippen LogP contribution in [0, 0.1) is 5.41 Å². The van der Waals surface area contributed by atoms with Crippen LogP contribution in [0.5, 0.6) is 0 Å². The van der Waals surface area contributed by atoms with Crippen molar-refractivity contribution in [3.63, 3.8) is 0 Å². The van der Waals surface area contributed by atoms with Crippen LogP contribution in [-0.2, 0) is 11.2 Å². The van der Waals surface area contributed by atoms with Crippen molar-refractivity contribution in [1.29, 1.82) is 0 Å². The van der Waals surface area contributed by atoms with Crippen molar-refractivity contribution in [1.82, 2.24) is 4.90 Å². The van der Waals surface area contributed by atoms with Crippen LogP contribution in [0.15, 0.2) is 30.3 Å². The minimum absolute atomic E-state index is 0.00728. The first-order valence-electron chi connectivity index (χ1n) is 8.69. The lowest BCUT2D eigenvalue weighted by Gasteiger charge is -2.42. The zero-order chi connectivity index (χ0) is 15.4. The summed E-state index contributed by atoms with van der Waals surface area (Å²) in [4.78, 5) is 14.5. The lowest BCUT2D eigenvalue weighted by atomic mass is 9.76. The first kappa shape index (κ1) is 15.5. The fourth-order valence-electron chi connectivity index (χ4n) is 4.22. The second-order valence-electron chi connectivity index (χ2n) is 7.03. The molecule has 1 aromatic rings. The largest absolute Gasteiger partial charge is 0.392 e. The Morgan fingerprint density at radius 3 is 2.73 bits per heavy atom. The van der Waals surface area contributed by atoms with Gasteiger partial charge in [-0.25, -0.2) is 0 Å². The van der Waals surface area contributed by atoms with Crippen molar-refractivity contribution < 1.29 is 9.90 Å². The number of hydrogen-bond donors (Lipinski definition) is 1. The van der Waals surface area contributed by atoms with Crippen molar-refractivity contribution in [2.45, 2.75) is 57.5 Å². The Labute approximate surface area is 133 Å². The smallest absolute Gasteiger partial charge is 0.222 e. The highest BCUT2D eigenvalue weighted by Gasteiger charge is 2.45. The molecule has 2 fully saturated rings. The highest BCUT2D eigenvalue weighted by molar-refractivity contribution is 5.76. The molecule has 2 atom stereocenters. The predicted octanol–water partition coefficient (Wildman–Crippen LogP) is 3.16. The SMILES string of the molecule is O=C(CCCc1ccccc1)N1CCC[C@]2(CCC[C@H]2O)C1. The van der Waals surface area contributed by atoms with Crippen molar-refractivity contribution in [2.75, 3.05) is 13.1 Å². The van der Waals surface area contributed by atoms with Crippen molar-refractivity contribution in [3.8, 4) is 0 Å². The second-order valence-corrected chi connectivity index (χ2v) is 7.03. The summed E-state index contributed by atoms with van der Waals surface area (Å²) in [5.41, 5.74) is 1.31. The summed E-state index contributed by atoms with van der Waals surface area (Å²) in [5.74, 6) is 0.272. The van der Waals surface area contributed by atoms with Gasteiger partial charge in [-0.05, 0) is 44.1 Å². The van der Waals surface area contributed by atoms with Gasteiger partial charge < -0.3 is 10.0 Å². The number of aryl methyl sites for hydroxylation is 1. The number of aliphatic hydroxyl groups is 1. The molecular formula is C19H27NO2. The van der Waals surface area contributed by atoms with Crippen LogP contribution in [0.1, 0.15) is 50.5 Å². The summed E-state index contributed by atoms with van der Waals surface area (Å²) in [6.45, 7) is 1.65. The molecule has 120 valence electrons.